The Morgan fingerprint density at radius 2 is 1.54 bits per heavy atom. The summed E-state index contributed by atoms with van der Waals surface area (Å²) in [5.41, 5.74) is 4.60. The van der Waals surface area contributed by atoms with Crippen molar-refractivity contribution in [1.82, 2.24) is 24.5 Å². The first-order chi connectivity index (χ1) is 23.1. The summed E-state index contributed by atoms with van der Waals surface area (Å²) in [6.07, 6.45) is 3.96. The van der Waals surface area contributed by atoms with E-state index < -0.39 is 32.7 Å². The summed E-state index contributed by atoms with van der Waals surface area (Å²) in [4.78, 5) is 10.2. The highest BCUT2D eigenvalue weighted by Crippen LogP contribution is 2.45. The molecule has 3 aromatic heterocycles. The molecule has 11 heteroatoms. The minimum Gasteiger partial charge on any atom is -0.598 e. The molecule has 0 spiro atoms. The molecule has 0 saturated heterocycles. The Morgan fingerprint density at radius 1 is 0.880 bits per heavy atom. The van der Waals surface area contributed by atoms with E-state index in [0.717, 1.165) is 52.2 Å². The summed E-state index contributed by atoms with van der Waals surface area (Å²) in [6.45, 7) is 29.2. The van der Waals surface area contributed by atoms with Crippen molar-refractivity contribution in [3.8, 4) is 17.1 Å². The molecule has 2 atom stereocenters. The lowest BCUT2D eigenvalue weighted by atomic mass is 9.76. The molecular formula is C39H59N5O3SSi2. The SMILES string of the molecule is CC(C)(C)[S@@+]([O-])NC(c1cccc(-c2ccc3cnn(-c4cccc(CO[Si](C)(C)C(C)(C)C)n4)c3c2)n1)[C@H]1C[C@@H](O[Si](C)(C)C(C)(C)C)C1. The predicted octanol–water partition coefficient (Wildman–Crippen LogP) is 9.90. The number of hydrogen-bond donors (Lipinski definition) is 1. The zero-order valence-electron chi connectivity index (χ0n) is 32.5. The highest BCUT2D eigenvalue weighted by atomic mass is 32.2. The Bertz CT molecular complexity index is 1780. The zero-order chi connectivity index (χ0) is 36.9. The lowest BCUT2D eigenvalue weighted by Crippen LogP contribution is -2.51. The van der Waals surface area contributed by atoms with Crippen LogP contribution in [0.15, 0.2) is 60.8 Å². The van der Waals surface area contributed by atoms with E-state index in [1.165, 1.54) is 0 Å². The van der Waals surface area contributed by atoms with Gasteiger partial charge < -0.3 is 13.4 Å². The predicted molar refractivity (Wildman–Crippen MR) is 213 cm³/mol. The molecule has 1 saturated carbocycles. The molecule has 1 N–H and O–H groups in total. The van der Waals surface area contributed by atoms with Gasteiger partial charge in [-0.05, 0) is 106 Å². The van der Waals surface area contributed by atoms with Crippen LogP contribution in [0.3, 0.4) is 0 Å². The van der Waals surface area contributed by atoms with Crippen molar-refractivity contribution in [2.45, 2.75) is 135 Å². The highest BCUT2D eigenvalue weighted by molar-refractivity contribution is 7.90. The minimum absolute atomic E-state index is 0.129. The molecular weight excluding hydrogens is 675 g/mol. The van der Waals surface area contributed by atoms with Crippen LogP contribution in [0, 0.1) is 5.92 Å². The van der Waals surface area contributed by atoms with Gasteiger partial charge in [-0.3, -0.25) is 4.98 Å². The van der Waals surface area contributed by atoms with Crippen LogP contribution in [0.2, 0.25) is 36.3 Å². The summed E-state index contributed by atoms with van der Waals surface area (Å²) in [6, 6.07) is 18.4. The van der Waals surface area contributed by atoms with Crippen LogP contribution in [-0.2, 0) is 26.8 Å². The second kappa shape index (κ2) is 14.2. The number of rotatable bonds is 11. The lowest BCUT2D eigenvalue weighted by Gasteiger charge is -2.46. The first-order valence-electron chi connectivity index (χ1n) is 18.0. The van der Waals surface area contributed by atoms with Crippen molar-refractivity contribution >= 4 is 38.9 Å². The Balaban J connectivity index is 1.41. The molecule has 5 rings (SSSR count). The molecule has 0 radical (unpaired) electrons. The molecule has 8 nitrogen and oxygen atoms in total. The molecule has 0 aliphatic heterocycles. The summed E-state index contributed by atoms with van der Waals surface area (Å²) in [5.74, 6) is 1.03. The monoisotopic (exact) mass is 733 g/mol. The number of fused-ring (bicyclic) bond motifs is 1. The summed E-state index contributed by atoms with van der Waals surface area (Å²) < 4.78 is 31.7. The topological polar surface area (TPSA) is 97.2 Å². The maximum Gasteiger partial charge on any atom is 0.192 e. The summed E-state index contributed by atoms with van der Waals surface area (Å²) in [7, 11) is -3.79. The van der Waals surface area contributed by atoms with Gasteiger partial charge in [0.25, 0.3) is 0 Å². The van der Waals surface area contributed by atoms with E-state index >= 15 is 0 Å². The fourth-order valence-electron chi connectivity index (χ4n) is 5.54. The van der Waals surface area contributed by atoms with Gasteiger partial charge in [0.15, 0.2) is 22.5 Å². The number of benzene rings is 1. The third-order valence-electron chi connectivity index (χ3n) is 11.0. The van der Waals surface area contributed by atoms with Gasteiger partial charge in [0.2, 0.25) is 0 Å². The van der Waals surface area contributed by atoms with Gasteiger partial charge in [-0.2, -0.15) is 5.10 Å². The van der Waals surface area contributed by atoms with Crippen LogP contribution < -0.4 is 4.72 Å². The van der Waals surface area contributed by atoms with Crippen LogP contribution in [0.5, 0.6) is 0 Å². The first kappa shape index (κ1) is 38.8. The smallest absolute Gasteiger partial charge is 0.192 e. The number of nitrogens with one attached hydrogen (secondary N) is 1. The van der Waals surface area contributed by atoms with E-state index in [0.29, 0.717) is 6.61 Å². The molecule has 1 aliphatic carbocycles. The quantitative estimate of drug-likeness (QED) is 0.121. The van der Waals surface area contributed by atoms with Gasteiger partial charge in [0.1, 0.15) is 4.75 Å². The summed E-state index contributed by atoms with van der Waals surface area (Å²) in [5, 5.41) is 6.04. The number of aromatic nitrogens is 4. The number of hydrogen-bond acceptors (Lipinski definition) is 7. The van der Waals surface area contributed by atoms with Gasteiger partial charge in [-0.25, -0.2) is 9.67 Å². The Morgan fingerprint density at radius 3 is 2.18 bits per heavy atom. The molecule has 272 valence electrons. The van der Waals surface area contributed by atoms with E-state index in [4.69, 9.17) is 23.9 Å². The van der Waals surface area contributed by atoms with Gasteiger partial charge in [-0.15, -0.1) is 4.72 Å². The highest BCUT2D eigenvalue weighted by Gasteiger charge is 2.46. The molecule has 4 aromatic rings. The van der Waals surface area contributed by atoms with Gasteiger partial charge >= 0.3 is 0 Å². The molecule has 1 aromatic carbocycles. The van der Waals surface area contributed by atoms with Crippen molar-refractivity contribution in [3.63, 3.8) is 0 Å². The maximum atomic E-state index is 13.5. The molecule has 50 heavy (non-hydrogen) atoms. The van der Waals surface area contributed by atoms with Crippen molar-refractivity contribution in [1.29, 1.82) is 0 Å². The van der Waals surface area contributed by atoms with Gasteiger partial charge in [0, 0.05) is 28.4 Å². The van der Waals surface area contributed by atoms with E-state index in [1.807, 2.05) is 55.9 Å². The number of pyridine rings is 2. The van der Waals surface area contributed by atoms with Crippen LogP contribution in [-0.4, -0.2) is 51.8 Å². The Labute approximate surface area is 305 Å². The van der Waals surface area contributed by atoms with E-state index in [2.05, 4.69) is 103 Å². The van der Waals surface area contributed by atoms with Crippen molar-refractivity contribution < 1.29 is 13.4 Å². The van der Waals surface area contributed by atoms with Crippen molar-refractivity contribution in [2.24, 2.45) is 5.92 Å². The van der Waals surface area contributed by atoms with Crippen LogP contribution in [0.1, 0.15) is 92.6 Å². The molecule has 0 bridgehead atoms. The molecule has 0 amide bonds. The summed E-state index contributed by atoms with van der Waals surface area (Å²) >= 11 is -1.25. The normalized spacial score (nSPS) is 19.0. The fraction of sp³-hybridized carbons (Fsp3) is 0.564. The lowest BCUT2D eigenvalue weighted by molar-refractivity contribution is 0.0365. The molecule has 1 unspecified atom stereocenters. The Hall–Kier alpha value is -2.39. The third kappa shape index (κ3) is 8.62. The second-order valence-corrected chi connectivity index (χ2v) is 29.6. The molecule has 3 heterocycles. The zero-order valence-corrected chi connectivity index (χ0v) is 35.4. The van der Waals surface area contributed by atoms with Crippen molar-refractivity contribution in [3.05, 3.63) is 72.2 Å². The van der Waals surface area contributed by atoms with Crippen LogP contribution in [0.4, 0.5) is 0 Å². The maximum absolute atomic E-state index is 13.5. The average Bonchev–Trinajstić information content (AvgIpc) is 3.43. The van der Waals surface area contributed by atoms with Crippen molar-refractivity contribution in [2.75, 3.05) is 0 Å². The molecule has 1 fully saturated rings. The van der Waals surface area contributed by atoms with Gasteiger partial charge in [0.05, 0.1) is 41.4 Å². The fourth-order valence-corrected chi connectivity index (χ4v) is 8.76. The van der Waals surface area contributed by atoms with Gasteiger partial charge in [-0.1, -0.05) is 65.8 Å². The standard InChI is InChI=1S/C39H59N5O3SSi2/c1-37(2,3)48(45)43-36(29-22-31(23-29)47-50(12,13)39(7,8)9)33-18-15-17-32(42-33)27-20-21-28-25-40-44(34(28)24-27)35-19-14-16-30(41-35)26-46-49(10,11)38(4,5)6/h14-21,24-25,29,31,36,43H,22-23,26H2,1-13H3/t29-,31+,36?,48-/m1/s1. The Kier molecular flexibility index (Phi) is 11.0. The van der Waals surface area contributed by atoms with E-state index in [9.17, 15) is 4.55 Å². The van der Waals surface area contributed by atoms with E-state index in [-0.39, 0.29) is 28.1 Å². The first-order valence-corrected chi connectivity index (χ1v) is 24.9. The third-order valence-corrected chi connectivity index (χ3v) is 21.6. The second-order valence-electron chi connectivity index (χ2n) is 18.0. The molecule has 1 aliphatic rings. The van der Waals surface area contributed by atoms with Crippen LogP contribution in [0.25, 0.3) is 28.0 Å². The van der Waals surface area contributed by atoms with Crippen LogP contribution >= 0.6 is 0 Å². The number of nitrogens with zero attached hydrogens (tertiary/aromatic N) is 4. The average molecular weight is 734 g/mol. The van der Waals surface area contributed by atoms with E-state index in [1.54, 1.807) is 0 Å². The minimum atomic E-state index is -1.91. The largest absolute Gasteiger partial charge is 0.598 e.